The molecule has 1 amide bonds. The first-order valence-corrected chi connectivity index (χ1v) is 10.6. The zero-order chi connectivity index (χ0) is 19.4. The number of rotatable bonds is 6. The minimum atomic E-state index is -3.47. The first-order chi connectivity index (χ1) is 12.7. The highest BCUT2D eigenvalue weighted by Crippen LogP contribution is 2.54. The molecule has 0 aliphatic carbocycles. The van der Waals surface area contributed by atoms with Gasteiger partial charge in [0, 0.05) is 39.0 Å². The molecular weight excluding hydrogens is 372 g/mol. The summed E-state index contributed by atoms with van der Waals surface area (Å²) < 4.78 is 34.2. The topological polar surface area (TPSA) is 121 Å². The average molecular weight is 398 g/mol. The standard InChI is InChI=1S/C16H26N6O4S/c1-10-18-14(20-19-10)6-15(23)22-8-12-11(7-17-27(24,25)21(2)3)13-4-5-16(12,9-22)26-13/h11-13,17H,4-9H2,1-3H3,(H,18,19,20)/t11-,12+,13+,16+/m0/s1. The molecule has 2 bridgehead atoms. The second-order valence-corrected chi connectivity index (χ2v) is 9.92. The van der Waals surface area contributed by atoms with Crippen LogP contribution in [0.2, 0.25) is 0 Å². The van der Waals surface area contributed by atoms with E-state index in [4.69, 9.17) is 4.74 Å². The largest absolute Gasteiger partial charge is 0.369 e. The fourth-order valence-corrected chi connectivity index (χ4v) is 5.36. The van der Waals surface area contributed by atoms with Crippen LogP contribution in [0.4, 0.5) is 0 Å². The van der Waals surface area contributed by atoms with Crippen molar-refractivity contribution in [2.24, 2.45) is 11.8 Å². The lowest BCUT2D eigenvalue weighted by molar-refractivity contribution is -0.131. The van der Waals surface area contributed by atoms with Gasteiger partial charge in [-0.05, 0) is 19.8 Å². The maximum Gasteiger partial charge on any atom is 0.278 e. The Morgan fingerprint density at radius 1 is 1.48 bits per heavy atom. The van der Waals surface area contributed by atoms with Gasteiger partial charge in [0.25, 0.3) is 10.2 Å². The van der Waals surface area contributed by atoms with Gasteiger partial charge in [0.15, 0.2) is 5.82 Å². The molecule has 0 radical (unpaired) electrons. The van der Waals surface area contributed by atoms with Crippen LogP contribution in [-0.2, 0) is 26.2 Å². The molecule has 1 aromatic heterocycles. The van der Waals surface area contributed by atoms with Crippen molar-refractivity contribution in [2.45, 2.75) is 37.9 Å². The van der Waals surface area contributed by atoms with Crippen LogP contribution in [0, 0.1) is 18.8 Å². The molecule has 3 fully saturated rings. The Balaban J connectivity index is 1.43. The minimum absolute atomic E-state index is 0.0163. The quantitative estimate of drug-likeness (QED) is 0.638. The van der Waals surface area contributed by atoms with Crippen molar-refractivity contribution < 1.29 is 17.9 Å². The van der Waals surface area contributed by atoms with E-state index in [0.29, 0.717) is 31.3 Å². The molecule has 150 valence electrons. The fourth-order valence-electron chi connectivity index (χ4n) is 4.70. The Kier molecular flexibility index (Phi) is 4.53. The Morgan fingerprint density at radius 2 is 2.26 bits per heavy atom. The van der Waals surface area contributed by atoms with E-state index in [-0.39, 0.29) is 35.9 Å². The number of nitrogens with one attached hydrogen (secondary N) is 2. The summed E-state index contributed by atoms with van der Waals surface area (Å²) in [5, 5.41) is 6.79. The molecule has 3 aliphatic heterocycles. The molecule has 1 spiro atoms. The molecule has 11 heteroatoms. The first kappa shape index (κ1) is 18.8. The molecule has 4 heterocycles. The van der Waals surface area contributed by atoms with Crippen LogP contribution in [0.25, 0.3) is 0 Å². The lowest BCUT2D eigenvalue weighted by Gasteiger charge is -2.29. The van der Waals surface area contributed by atoms with Gasteiger partial charge in [0.1, 0.15) is 5.82 Å². The zero-order valence-electron chi connectivity index (χ0n) is 15.8. The smallest absolute Gasteiger partial charge is 0.278 e. The summed E-state index contributed by atoms with van der Waals surface area (Å²) in [4.78, 5) is 18.7. The van der Waals surface area contributed by atoms with Gasteiger partial charge < -0.3 is 9.64 Å². The van der Waals surface area contributed by atoms with Crippen LogP contribution in [0.5, 0.6) is 0 Å². The molecule has 0 saturated carbocycles. The summed E-state index contributed by atoms with van der Waals surface area (Å²) in [6, 6.07) is 0. The predicted molar refractivity (Wildman–Crippen MR) is 95.8 cm³/mol. The van der Waals surface area contributed by atoms with Crippen molar-refractivity contribution >= 4 is 16.1 Å². The zero-order valence-corrected chi connectivity index (χ0v) is 16.6. The number of nitrogens with zero attached hydrogens (tertiary/aromatic N) is 4. The molecule has 3 saturated heterocycles. The Hall–Kier alpha value is -1.56. The van der Waals surface area contributed by atoms with Crippen LogP contribution in [0.15, 0.2) is 0 Å². The number of aryl methyl sites for hydroxylation is 1. The van der Waals surface area contributed by atoms with E-state index < -0.39 is 10.2 Å². The first-order valence-electron chi connectivity index (χ1n) is 9.21. The number of hydrogen-bond acceptors (Lipinski definition) is 6. The van der Waals surface area contributed by atoms with Gasteiger partial charge >= 0.3 is 0 Å². The van der Waals surface area contributed by atoms with Crippen molar-refractivity contribution in [2.75, 3.05) is 33.7 Å². The second kappa shape index (κ2) is 6.50. The van der Waals surface area contributed by atoms with Gasteiger partial charge in [-0.15, -0.1) is 0 Å². The molecule has 27 heavy (non-hydrogen) atoms. The molecule has 2 N–H and O–H groups in total. The highest BCUT2D eigenvalue weighted by Gasteiger charge is 2.63. The second-order valence-electron chi connectivity index (χ2n) is 7.95. The third-order valence-electron chi connectivity index (χ3n) is 6.07. The van der Waals surface area contributed by atoms with Crippen molar-refractivity contribution in [1.82, 2.24) is 29.1 Å². The van der Waals surface area contributed by atoms with Gasteiger partial charge in [-0.1, -0.05) is 0 Å². The van der Waals surface area contributed by atoms with Crippen molar-refractivity contribution in [3.05, 3.63) is 11.6 Å². The molecule has 0 aromatic carbocycles. The molecule has 1 aromatic rings. The highest BCUT2D eigenvalue weighted by molar-refractivity contribution is 7.87. The van der Waals surface area contributed by atoms with Crippen LogP contribution in [-0.4, -0.2) is 84.1 Å². The number of carbonyl (C=O) groups is 1. The summed E-state index contributed by atoms with van der Waals surface area (Å²) in [7, 11) is -0.471. The van der Waals surface area contributed by atoms with E-state index in [1.807, 2.05) is 4.90 Å². The van der Waals surface area contributed by atoms with Crippen molar-refractivity contribution in [3.63, 3.8) is 0 Å². The molecule has 4 atom stereocenters. The normalized spacial score (nSPS) is 32.4. The Morgan fingerprint density at radius 3 is 2.93 bits per heavy atom. The SMILES string of the molecule is Cc1nc(CC(=O)N2C[C@@H]3[C@H](CNS(=O)(=O)N(C)C)[C@H]4CC[C@]3(C2)O4)n[nH]1. The third kappa shape index (κ3) is 3.26. The van der Waals surface area contributed by atoms with E-state index >= 15 is 0 Å². The van der Waals surface area contributed by atoms with Gasteiger partial charge in [0.2, 0.25) is 5.91 Å². The maximum atomic E-state index is 12.7. The number of aromatic nitrogens is 3. The van der Waals surface area contributed by atoms with Crippen LogP contribution >= 0.6 is 0 Å². The number of amides is 1. The summed E-state index contributed by atoms with van der Waals surface area (Å²) in [5.74, 6) is 1.39. The number of likely N-dealkylation sites (tertiary alicyclic amines) is 1. The average Bonchev–Trinajstić information content (AvgIpc) is 3.33. The lowest BCUT2D eigenvalue weighted by Crippen LogP contribution is -2.44. The highest BCUT2D eigenvalue weighted by atomic mass is 32.2. The van der Waals surface area contributed by atoms with Crippen molar-refractivity contribution in [3.8, 4) is 0 Å². The van der Waals surface area contributed by atoms with Crippen LogP contribution in [0.1, 0.15) is 24.5 Å². The summed E-state index contributed by atoms with van der Waals surface area (Å²) in [5.41, 5.74) is -0.330. The van der Waals surface area contributed by atoms with Crippen LogP contribution in [0.3, 0.4) is 0 Å². The molecule has 10 nitrogen and oxygen atoms in total. The summed E-state index contributed by atoms with van der Waals surface area (Å²) >= 11 is 0. The fraction of sp³-hybridized carbons (Fsp3) is 0.812. The number of H-pyrrole nitrogens is 1. The maximum absolute atomic E-state index is 12.7. The van der Waals surface area contributed by atoms with Gasteiger partial charge in [-0.3, -0.25) is 9.89 Å². The van der Waals surface area contributed by atoms with E-state index in [0.717, 1.165) is 12.8 Å². The van der Waals surface area contributed by atoms with Crippen LogP contribution < -0.4 is 4.72 Å². The number of hydrogen-bond donors (Lipinski definition) is 2. The molecule has 4 rings (SSSR count). The number of ether oxygens (including phenoxy) is 1. The number of aromatic amines is 1. The Labute approximate surface area is 158 Å². The number of carbonyl (C=O) groups excluding carboxylic acids is 1. The monoisotopic (exact) mass is 398 g/mol. The van der Waals surface area contributed by atoms with Gasteiger partial charge in [0.05, 0.1) is 24.7 Å². The number of fused-ring (bicyclic) bond motifs is 1. The van der Waals surface area contributed by atoms with Crippen molar-refractivity contribution in [1.29, 1.82) is 0 Å². The molecule has 3 aliphatic rings. The summed E-state index contributed by atoms with van der Waals surface area (Å²) in [6.45, 7) is 3.28. The molecular formula is C16H26N6O4S. The van der Waals surface area contributed by atoms with E-state index in [1.54, 1.807) is 6.92 Å². The summed E-state index contributed by atoms with van der Waals surface area (Å²) in [6.07, 6.45) is 2.05. The van der Waals surface area contributed by atoms with E-state index in [2.05, 4.69) is 19.9 Å². The van der Waals surface area contributed by atoms with Gasteiger partial charge in [-0.25, -0.2) is 9.71 Å². The predicted octanol–water partition coefficient (Wildman–Crippen LogP) is -0.942. The van der Waals surface area contributed by atoms with Gasteiger partial charge in [-0.2, -0.15) is 17.8 Å². The Bertz CT molecular complexity index is 840. The lowest BCUT2D eigenvalue weighted by atomic mass is 9.74. The molecule has 0 unspecified atom stereocenters. The van der Waals surface area contributed by atoms with E-state index in [9.17, 15) is 13.2 Å². The minimum Gasteiger partial charge on any atom is -0.369 e. The third-order valence-corrected chi connectivity index (χ3v) is 7.56. The van der Waals surface area contributed by atoms with E-state index in [1.165, 1.54) is 18.4 Å².